The van der Waals surface area contributed by atoms with Crippen LogP contribution >= 0.6 is 23.1 Å². The first kappa shape index (κ1) is 14.5. The van der Waals surface area contributed by atoms with Crippen LogP contribution in [0.3, 0.4) is 0 Å². The minimum Gasteiger partial charge on any atom is -0.465 e. The first-order valence-corrected chi connectivity index (χ1v) is 7.57. The standard InChI is InChI=1S/C11H18N2O2S2/c1-3-15-11(14)9(12)6-16-5-4-10-8(2)13-7-17-10/h7,9H,3-6,12H2,1-2H3. The number of hydrogen-bond acceptors (Lipinski definition) is 6. The summed E-state index contributed by atoms with van der Waals surface area (Å²) < 4.78 is 4.84. The maximum atomic E-state index is 11.3. The third-order valence-corrected chi connectivity index (χ3v) is 4.29. The van der Waals surface area contributed by atoms with Crippen LogP contribution in [0.15, 0.2) is 5.51 Å². The number of carbonyl (C=O) groups is 1. The number of aromatic nitrogens is 1. The van der Waals surface area contributed by atoms with Gasteiger partial charge < -0.3 is 10.5 Å². The van der Waals surface area contributed by atoms with E-state index in [9.17, 15) is 4.79 Å². The van der Waals surface area contributed by atoms with E-state index in [1.54, 1.807) is 30.0 Å². The molecule has 0 aliphatic rings. The fourth-order valence-corrected chi connectivity index (χ4v) is 3.07. The minimum absolute atomic E-state index is 0.311. The predicted octanol–water partition coefficient (Wildman–Crippen LogP) is 1.62. The molecule has 0 saturated heterocycles. The zero-order chi connectivity index (χ0) is 12.7. The molecule has 1 rings (SSSR count). The van der Waals surface area contributed by atoms with Gasteiger partial charge in [-0.1, -0.05) is 0 Å². The Balaban J connectivity index is 2.16. The third kappa shape index (κ3) is 5.06. The van der Waals surface area contributed by atoms with Gasteiger partial charge in [0.1, 0.15) is 6.04 Å². The molecule has 0 aliphatic carbocycles. The zero-order valence-corrected chi connectivity index (χ0v) is 11.8. The summed E-state index contributed by atoms with van der Waals surface area (Å²) in [6.45, 7) is 4.18. The van der Waals surface area contributed by atoms with Crippen LogP contribution < -0.4 is 5.73 Å². The summed E-state index contributed by atoms with van der Waals surface area (Å²) in [7, 11) is 0. The number of rotatable bonds is 7. The van der Waals surface area contributed by atoms with E-state index in [-0.39, 0.29) is 5.97 Å². The van der Waals surface area contributed by atoms with Crippen molar-refractivity contribution in [2.24, 2.45) is 5.73 Å². The number of aryl methyl sites for hydroxylation is 2. The summed E-state index contributed by atoms with van der Waals surface area (Å²) in [4.78, 5) is 16.8. The van der Waals surface area contributed by atoms with E-state index in [4.69, 9.17) is 10.5 Å². The van der Waals surface area contributed by atoms with Gasteiger partial charge in [0.05, 0.1) is 17.8 Å². The Bertz CT molecular complexity index is 355. The van der Waals surface area contributed by atoms with E-state index >= 15 is 0 Å². The summed E-state index contributed by atoms with van der Waals surface area (Å²) in [6.07, 6.45) is 0.983. The number of esters is 1. The average Bonchev–Trinajstić information content (AvgIpc) is 2.70. The van der Waals surface area contributed by atoms with Gasteiger partial charge in [-0.2, -0.15) is 11.8 Å². The zero-order valence-electron chi connectivity index (χ0n) is 10.1. The highest BCUT2D eigenvalue weighted by Gasteiger charge is 2.14. The molecule has 1 aromatic heterocycles. The molecule has 0 bridgehead atoms. The van der Waals surface area contributed by atoms with Crippen molar-refractivity contribution in [1.29, 1.82) is 0 Å². The number of nitrogens with zero attached hydrogens (tertiary/aromatic N) is 1. The SMILES string of the molecule is CCOC(=O)C(N)CSCCc1scnc1C. The number of hydrogen-bond donors (Lipinski definition) is 1. The van der Waals surface area contributed by atoms with Gasteiger partial charge in [0.25, 0.3) is 0 Å². The van der Waals surface area contributed by atoms with E-state index in [1.807, 2.05) is 12.4 Å². The maximum Gasteiger partial charge on any atom is 0.323 e. The van der Waals surface area contributed by atoms with Crippen molar-refractivity contribution < 1.29 is 9.53 Å². The highest BCUT2D eigenvalue weighted by Crippen LogP contribution is 2.15. The summed E-state index contributed by atoms with van der Waals surface area (Å²) in [5.74, 6) is 1.25. The number of ether oxygens (including phenoxy) is 1. The molecule has 0 aromatic carbocycles. The molecule has 0 fully saturated rings. The van der Waals surface area contributed by atoms with Crippen LogP contribution in [0.1, 0.15) is 17.5 Å². The van der Waals surface area contributed by atoms with Crippen molar-refractivity contribution in [3.63, 3.8) is 0 Å². The highest BCUT2D eigenvalue weighted by atomic mass is 32.2. The Morgan fingerprint density at radius 1 is 1.71 bits per heavy atom. The molecule has 6 heteroatoms. The Morgan fingerprint density at radius 3 is 3.06 bits per heavy atom. The molecular weight excluding hydrogens is 256 g/mol. The van der Waals surface area contributed by atoms with Gasteiger partial charge in [0, 0.05) is 10.6 Å². The Morgan fingerprint density at radius 2 is 2.47 bits per heavy atom. The van der Waals surface area contributed by atoms with Gasteiger partial charge in [-0.25, -0.2) is 4.98 Å². The van der Waals surface area contributed by atoms with Gasteiger partial charge in [-0.15, -0.1) is 11.3 Å². The second-order valence-electron chi connectivity index (χ2n) is 3.54. The summed E-state index contributed by atoms with van der Waals surface area (Å²) in [6, 6.07) is -0.512. The molecule has 0 aliphatic heterocycles. The lowest BCUT2D eigenvalue weighted by molar-refractivity contribution is -0.144. The van der Waals surface area contributed by atoms with E-state index in [1.165, 1.54) is 4.88 Å². The Labute approximate surface area is 110 Å². The lowest BCUT2D eigenvalue weighted by Gasteiger charge is -2.09. The lowest BCUT2D eigenvalue weighted by Crippen LogP contribution is -2.34. The van der Waals surface area contributed by atoms with Gasteiger partial charge in [0.15, 0.2) is 0 Å². The Hall–Kier alpha value is -0.590. The molecular formula is C11H18N2O2S2. The molecule has 1 atom stereocenters. The molecule has 1 unspecified atom stereocenters. The molecule has 4 nitrogen and oxygen atoms in total. The van der Waals surface area contributed by atoms with E-state index < -0.39 is 6.04 Å². The molecule has 0 amide bonds. The fourth-order valence-electron chi connectivity index (χ4n) is 1.26. The number of nitrogens with two attached hydrogens (primary N) is 1. The monoisotopic (exact) mass is 274 g/mol. The van der Waals surface area contributed by atoms with Gasteiger partial charge in [-0.05, 0) is 26.0 Å². The van der Waals surface area contributed by atoms with Crippen molar-refractivity contribution in [1.82, 2.24) is 4.98 Å². The average molecular weight is 274 g/mol. The Kier molecular flexibility index (Phi) is 6.54. The molecule has 1 aromatic rings. The molecule has 0 spiro atoms. The fraction of sp³-hybridized carbons (Fsp3) is 0.636. The van der Waals surface area contributed by atoms with Crippen molar-refractivity contribution in [3.05, 3.63) is 16.1 Å². The van der Waals surface area contributed by atoms with E-state index in [0.29, 0.717) is 12.4 Å². The molecule has 17 heavy (non-hydrogen) atoms. The summed E-state index contributed by atoms with van der Waals surface area (Å²) in [5, 5.41) is 0. The third-order valence-electron chi connectivity index (χ3n) is 2.21. The van der Waals surface area contributed by atoms with Crippen LogP contribution in [0.5, 0.6) is 0 Å². The van der Waals surface area contributed by atoms with Gasteiger partial charge in [0.2, 0.25) is 0 Å². The lowest BCUT2D eigenvalue weighted by atomic mass is 10.3. The van der Waals surface area contributed by atoms with Crippen LogP contribution in [0, 0.1) is 6.92 Å². The topological polar surface area (TPSA) is 65.2 Å². The van der Waals surface area contributed by atoms with Crippen LogP contribution in [0.2, 0.25) is 0 Å². The largest absolute Gasteiger partial charge is 0.465 e. The second kappa shape index (κ2) is 7.68. The van der Waals surface area contributed by atoms with Crippen LogP contribution in [-0.4, -0.2) is 35.1 Å². The normalized spacial score (nSPS) is 12.4. The van der Waals surface area contributed by atoms with Crippen molar-refractivity contribution in [2.75, 3.05) is 18.1 Å². The van der Waals surface area contributed by atoms with Crippen molar-refractivity contribution in [2.45, 2.75) is 26.3 Å². The first-order valence-electron chi connectivity index (χ1n) is 5.54. The predicted molar refractivity (Wildman–Crippen MR) is 72.5 cm³/mol. The molecule has 96 valence electrons. The molecule has 2 N–H and O–H groups in total. The van der Waals surface area contributed by atoms with Crippen molar-refractivity contribution in [3.8, 4) is 0 Å². The quantitative estimate of drug-likeness (QED) is 0.604. The van der Waals surface area contributed by atoms with Crippen LogP contribution in [-0.2, 0) is 16.0 Å². The van der Waals surface area contributed by atoms with E-state index in [0.717, 1.165) is 17.9 Å². The van der Waals surface area contributed by atoms with Gasteiger partial charge >= 0.3 is 5.97 Å². The molecule has 0 saturated carbocycles. The number of thioether (sulfide) groups is 1. The maximum absolute atomic E-state index is 11.3. The van der Waals surface area contributed by atoms with Crippen LogP contribution in [0.25, 0.3) is 0 Å². The molecule has 0 radical (unpaired) electrons. The van der Waals surface area contributed by atoms with E-state index in [2.05, 4.69) is 4.98 Å². The highest BCUT2D eigenvalue weighted by molar-refractivity contribution is 7.99. The molecule has 1 heterocycles. The number of carbonyl (C=O) groups excluding carboxylic acids is 1. The first-order chi connectivity index (χ1) is 8.15. The number of thiazole rings is 1. The second-order valence-corrected chi connectivity index (χ2v) is 5.63. The minimum atomic E-state index is -0.512. The van der Waals surface area contributed by atoms with Crippen LogP contribution in [0.4, 0.5) is 0 Å². The van der Waals surface area contributed by atoms with Gasteiger partial charge in [-0.3, -0.25) is 4.79 Å². The summed E-state index contributed by atoms with van der Waals surface area (Å²) in [5.41, 5.74) is 8.65. The summed E-state index contributed by atoms with van der Waals surface area (Å²) >= 11 is 3.35. The van der Waals surface area contributed by atoms with Crippen molar-refractivity contribution >= 4 is 29.1 Å². The smallest absolute Gasteiger partial charge is 0.323 e.